The molecule has 7 heteroatoms. The van der Waals surface area contributed by atoms with Crippen LogP contribution in [0, 0.1) is 46.3 Å². The van der Waals surface area contributed by atoms with Gasteiger partial charge in [-0.05, 0) is 116 Å². The lowest BCUT2D eigenvalue weighted by atomic mass is 9.44. The van der Waals surface area contributed by atoms with E-state index in [0.29, 0.717) is 41.5 Å². The fourth-order valence-corrected chi connectivity index (χ4v) is 10.7. The minimum atomic E-state index is -4.39. The van der Waals surface area contributed by atoms with Crippen molar-refractivity contribution in [1.29, 1.82) is 0 Å². The van der Waals surface area contributed by atoms with Gasteiger partial charge in [0.25, 0.3) is 0 Å². The molecule has 1 N–H and O–H groups in total. The summed E-state index contributed by atoms with van der Waals surface area (Å²) < 4.78 is 34.0. The second-order valence-corrected chi connectivity index (χ2v) is 15.9. The van der Waals surface area contributed by atoms with E-state index in [4.69, 9.17) is 0 Å². The Morgan fingerprint density at radius 3 is 2.45 bits per heavy atom. The lowest BCUT2D eigenvalue weighted by Crippen LogP contribution is -2.54. The number of aliphatic hydroxyl groups excluding tert-OH is 1. The van der Waals surface area contributed by atoms with Gasteiger partial charge in [-0.15, -0.1) is 0 Å². The zero-order valence-electron chi connectivity index (χ0n) is 24.8. The van der Waals surface area contributed by atoms with Gasteiger partial charge in [-0.3, -0.25) is 4.79 Å². The first-order valence-corrected chi connectivity index (χ1v) is 17.4. The Kier molecular flexibility index (Phi) is 8.77. The van der Waals surface area contributed by atoms with Crippen LogP contribution in [0.15, 0.2) is 30.3 Å². The molecule has 0 aliphatic heterocycles. The van der Waals surface area contributed by atoms with E-state index in [9.17, 15) is 22.9 Å². The van der Waals surface area contributed by atoms with Crippen LogP contribution in [0.4, 0.5) is 0 Å². The van der Waals surface area contributed by atoms with Gasteiger partial charge in [0.05, 0.1) is 22.0 Å². The second-order valence-electron chi connectivity index (χ2n) is 14.4. The first-order chi connectivity index (χ1) is 18.9. The molecule has 9 atom stereocenters. The summed E-state index contributed by atoms with van der Waals surface area (Å²) in [7, 11) is -4.39. The fraction of sp³-hybridized carbons (Fsp3) is 0.788. The number of rotatable bonds is 9. The van der Waals surface area contributed by atoms with Crippen molar-refractivity contribution in [3.8, 4) is 0 Å². The van der Waals surface area contributed by atoms with Crippen molar-refractivity contribution in [2.75, 3.05) is 12.3 Å². The highest BCUT2D eigenvalue weighted by atomic mass is 32.2. The molecule has 0 heterocycles. The maximum Gasteiger partial charge on any atom is 0.222 e. The molecule has 0 aromatic heterocycles. The van der Waals surface area contributed by atoms with Crippen molar-refractivity contribution in [3.63, 3.8) is 0 Å². The number of aliphatic hydroxyl groups is 1. The summed E-state index contributed by atoms with van der Waals surface area (Å²) in [5, 5.41) is 10.3. The molecule has 5 rings (SSSR count). The predicted octanol–water partition coefficient (Wildman–Crippen LogP) is 6.00. The van der Waals surface area contributed by atoms with Crippen molar-refractivity contribution in [2.45, 2.75) is 104 Å². The molecule has 0 radical (unpaired) electrons. The highest BCUT2D eigenvalue weighted by molar-refractivity contribution is 7.85. The largest absolute Gasteiger partial charge is 0.748 e. The molecule has 4 fully saturated rings. The minimum Gasteiger partial charge on any atom is -0.748 e. The topological polar surface area (TPSA) is 97.7 Å². The van der Waals surface area contributed by atoms with Crippen LogP contribution in [-0.4, -0.2) is 47.3 Å². The Morgan fingerprint density at radius 1 is 1.02 bits per heavy atom. The van der Waals surface area contributed by atoms with Gasteiger partial charge in [-0.1, -0.05) is 51.1 Å². The predicted molar refractivity (Wildman–Crippen MR) is 156 cm³/mol. The molecule has 1 amide bonds. The Morgan fingerprint density at radius 2 is 1.73 bits per heavy atom. The third-order valence-corrected chi connectivity index (χ3v) is 13.1. The number of nitrogens with zero attached hydrogens (tertiary/aromatic N) is 1. The molecule has 4 aliphatic rings. The summed E-state index contributed by atoms with van der Waals surface area (Å²) in [5.41, 5.74) is 1.65. The second kappa shape index (κ2) is 11.7. The number of carbonyl (C=O) groups is 1. The number of benzene rings is 1. The number of fused-ring (bicyclic) bond motifs is 5. The van der Waals surface area contributed by atoms with Gasteiger partial charge in [0, 0.05) is 19.5 Å². The quantitative estimate of drug-likeness (QED) is 0.366. The van der Waals surface area contributed by atoms with Crippen molar-refractivity contribution in [3.05, 3.63) is 35.9 Å². The molecule has 1 aromatic rings. The molecule has 0 saturated heterocycles. The third-order valence-electron chi connectivity index (χ3n) is 12.4. The summed E-state index contributed by atoms with van der Waals surface area (Å²) in [5.74, 6) is 3.44. The molecular formula is C33H50NO5S-. The minimum absolute atomic E-state index is 0.0585. The lowest BCUT2D eigenvalue weighted by Gasteiger charge is -2.61. The number of hydrogen-bond donors (Lipinski definition) is 1. The molecular weight excluding hydrogens is 522 g/mol. The molecule has 40 heavy (non-hydrogen) atoms. The van der Waals surface area contributed by atoms with Crippen LogP contribution in [0.2, 0.25) is 0 Å². The fourth-order valence-electron chi connectivity index (χ4n) is 10.2. The highest BCUT2D eigenvalue weighted by Crippen LogP contribution is 2.68. The van der Waals surface area contributed by atoms with Crippen molar-refractivity contribution < 1.29 is 22.9 Å². The lowest BCUT2D eigenvalue weighted by molar-refractivity contribution is -0.133. The smallest absolute Gasteiger partial charge is 0.222 e. The van der Waals surface area contributed by atoms with E-state index in [-0.39, 0.29) is 18.6 Å². The van der Waals surface area contributed by atoms with Crippen LogP contribution in [0.5, 0.6) is 0 Å². The Hall–Kier alpha value is -1.44. The monoisotopic (exact) mass is 572 g/mol. The van der Waals surface area contributed by atoms with E-state index < -0.39 is 15.9 Å². The highest BCUT2D eigenvalue weighted by Gasteiger charge is 2.60. The first kappa shape index (κ1) is 30.0. The van der Waals surface area contributed by atoms with Gasteiger partial charge in [0.2, 0.25) is 5.91 Å². The first-order valence-electron chi connectivity index (χ1n) is 15.8. The molecule has 0 unspecified atom stereocenters. The van der Waals surface area contributed by atoms with Crippen molar-refractivity contribution in [2.24, 2.45) is 46.3 Å². The zero-order valence-corrected chi connectivity index (χ0v) is 25.6. The Bertz CT molecular complexity index is 1140. The van der Waals surface area contributed by atoms with Crippen molar-refractivity contribution in [1.82, 2.24) is 4.90 Å². The van der Waals surface area contributed by atoms with Gasteiger partial charge in [-0.2, -0.15) is 0 Å². The summed E-state index contributed by atoms with van der Waals surface area (Å²) in [6, 6.07) is 9.57. The maximum absolute atomic E-state index is 13.3. The van der Waals surface area contributed by atoms with E-state index in [1.165, 1.54) is 44.9 Å². The summed E-state index contributed by atoms with van der Waals surface area (Å²) >= 11 is 0. The van der Waals surface area contributed by atoms with Crippen LogP contribution in [-0.2, 0) is 21.5 Å². The number of amides is 1. The normalized spacial score (nSPS) is 38.1. The van der Waals surface area contributed by atoms with Crippen LogP contribution < -0.4 is 0 Å². The van der Waals surface area contributed by atoms with Crippen LogP contribution in [0.3, 0.4) is 0 Å². The molecule has 1 aromatic carbocycles. The Labute approximate surface area is 242 Å². The van der Waals surface area contributed by atoms with E-state index in [0.717, 1.165) is 42.6 Å². The van der Waals surface area contributed by atoms with Gasteiger partial charge in [0.1, 0.15) is 0 Å². The molecule has 0 bridgehead atoms. The van der Waals surface area contributed by atoms with E-state index >= 15 is 0 Å². The van der Waals surface area contributed by atoms with E-state index in [1.54, 1.807) is 4.90 Å². The molecule has 4 aliphatic carbocycles. The van der Waals surface area contributed by atoms with Crippen LogP contribution in [0.25, 0.3) is 0 Å². The van der Waals surface area contributed by atoms with Crippen LogP contribution in [0.1, 0.15) is 97.0 Å². The summed E-state index contributed by atoms with van der Waals surface area (Å²) in [4.78, 5) is 14.9. The standard InChI is InChI=1S/C33H51NO5S/c1-23(9-14-31(36)34(19-20-40(37,38)39)22-24-7-5-4-6-8-24)28-12-13-29-27-11-10-25-21-26(35)15-17-32(25,2)30(27)16-18-33(28,29)3/h4-8,23,25-30,35H,9-22H2,1-3H3,(H,37,38,39)/p-1/t23-,25-,26-,27+,28-,29+,30+,32+,33-/m1/s1. The van der Waals surface area contributed by atoms with Gasteiger partial charge in [0.15, 0.2) is 0 Å². The van der Waals surface area contributed by atoms with E-state index in [2.05, 4.69) is 20.8 Å². The number of hydrogen-bond acceptors (Lipinski definition) is 5. The molecule has 4 saturated carbocycles. The Balaban J connectivity index is 1.22. The van der Waals surface area contributed by atoms with Gasteiger partial charge < -0.3 is 14.6 Å². The van der Waals surface area contributed by atoms with Gasteiger partial charge in [-0.25, -0.2) is 8.42 Å². The zero-order chi connectivity index (χ0) is 28.7. The SMILES string of the molecule is C[C@H](CCC(=O)N(CCS(=O)(=O)[O-])Cc1ccccc1)[C@H]1CC[C@H]2[C@@H]3CC[C@@H]4C[C@H](O)CC[C@]4(C)[C@H]3CC[C@]12C. The summed E-state index contributed by atoms with van der Waals surface area (Å²) in [6.45, 7) is 7.68. The van der Waals surface area contributed by atoms with Crippen molar-refractivity contribution >= 4 is 16.0 Å². The van der Waals surface area contributed by atoms with Crippen LogP contribution >= 0.6 is 0 Å². The van der Waals surface area contributed by atoms with Gasteiger partial charge >= 0.3 is 0 Å². The molecule has 224 valence electrons. The molecule has 0 spiro atoms. The third kappa shape index (κ3) is 6.03. The molecule has 6 nitrogen and oxygen atoms in total. The average Bonchev–Trinajstić information content (AvgIpc) is 3.27. The summed E-state index contributed by atoms with van der Waals surface area (Å²) in [6.07, 6.45) is 11.9. The van der Waals surface area contributed by atoms with E-state index in [1.807, 2.05) is 30.3 Å². The maximum atomic E-state index is 13.3. The number of carbonyl (C=O) groups excluding carboxylic acids is 1. The average molecular weight is 573 g/mol.